The first-order valence-corrected chi connectivity index (χ1v) is 9.08. The van der Waals surface area contributed by atoms with Crippen LogP contribution in [0.4, 0.5) is 0 Å². The highest BCUT2D eigenvalue weighted by atomic mass is 35.5. The van der Waals surface area contributed by atoms with Crippen molar-refractivity contribution in [2.75, 3.05) is 0 Å². The molecule has 1 aliphatic carbocycles. The predicted octanol–water partition coefficient (Wildman–Crippen LogP) is 2.79. The van der Waals surface area contributed by atoms with E-state index < -0.39 is 12.0 Å². The molecular formula is C18H20ClN3O3. The fourth-order valence-electron chi connectivity index (χ4n) is 4.43. The number of carbonyl (C=O) groups is 1. The van der Waals surface area contributed by atoms with Crippen molar-refractivity contribution in [2.24, 2.45) is 5.92 Å². The lowest BCUT2D eigenvalue weighted by atomic mass is 9.85. The third-order valence-corrected chi connectivity index (χ3v) is 5.79. The number of H-pyrrole nitrogens is 1. The molecule has 1 saturated heterocycles. The number of fused-ring (bicyclic) bond motifs is 2. The Labute approximate surface area is 149 Å². The van der Waals surface area contributed by atoms with Gasteiger partial charge in [-0.05, 0) is 43.4 Å². The minimum atomic E-state index is -0.788. The van der Waals surface area contributed by atoms with Gasteiger partial charge in [0.25, 0.3) is 5.56 Å². The van der Waals surface area contributed by atoms with Crippen LogP contribution in [0.2, 0.25) is 5.02 Å². The van der Waals surface area contributed by atoms with Crippen LogP contribution in [-0.2, 0) is 11.3 Å². The molecular weight excluding hydrogens is 342 g/mol. The van der Waals surface area contributed by atoms with Gasteiger partial charge in [-0.2, -0.15) is 0 Å². The fraction of sp³-hybridized carbons (Fsp3) is 0.500. The second-order valence-corrected chi connectivity index (χ2v) is 7.48. The zero-order chi connectivity index (χ0) is 17.6. The van der Waals surface area contributed by atoms with Crippen LogP contribution in [0.15, 0.2) is 23.0 Å². The molecule has 3 atom stereocenters. The number of aromatic nitrogens is 2. The summed E-state index contributed by atoms with van der Waals surface area (Å²) >= 11 is 5.94. The number of benzene rings is 1. The van der Waals surface area contributed by atoms with Gasteiger partial charge >= 0.3 is 5.97 Å². The van der Waals surface area contributed by atoms with Crippen LogP contribution in [-0.4, -0.2) is 38.0 Å². The topological polar surface area (TPSA) is 86.3 Å². The number of nitrogens with zero attached hydrogens (tertiary/aromatic N) is 2. The largest absolute Gasteiger partial charge is 0.480 e. The molecule has 7 heteroatoms. The van der Waals surface area contributed by atoms with Crippen molar-refractivity contribution in [1.29, 1.82) is 0 Å². The quantitative estimate of drug-likeness (QED) is 0.877. The lowest BCUT2D eigenvalue weighted by molar-refractivity contribution is -0.142. The maximum absolute atomic E-state index is 12.3. The van der Waals surface area contributed by atoms with Gasteiger partial charge in [0.1, 0.15) is 11.9 Å². The number of rotatable bonds is 3. The summed E-state index contributed by atoms with van der Waals surface area (Å²) in [6.07, 6.45) is 5.09. The lowest BCUT2D eigenvalue weighted by Crippen LogP contribution is -2.42. The van der Waals surface area contributed by atoms with Gasteiger partial charge in [-0.25, -0.2) is 4.98 Å². The number of halogens is 1. The predicted molar refractivity (Wildman–Crippen MR) is 94.7 cm³/mol. The molecule has 0 radical (unpaired) electrons. The molecule has 6 nitrogen and oxygen atoms in total. The number of aliphatic carboxylic acids is 1. The van der Waals surface area contributed by atoms with Crippen LogP contribution in [0.25, 0.3) is 10.9 Å². The van der Waals surface area contributed by atoms with Crippen molar-refractivity contribution in [3.05, 3.63) is 39.4 Å². The van der Waals surface area contributed by atoms with Crippen molar-refractivity contribution < 1.29 is 9.90 Å². The van der Waals surface area contributed by atoms with Gasteiger partial charge < -0.3 is 10.1 Å². The Bertz CT molecular complexity index is 881. The van der Waals surface area contributed by atoms with E-state index in [1.807, 2.05) is 4.90 Å². The monoisotopic (exact) mass is 361 g/mol. The Morgan fingerprint density at radius 1 is 1.36 bits per heavy atom. The van der Waals surface area contributed by atoms with Gasteiger partial charge in [0.2, 0.25) is 0 Å². The van der Waals surface area contributed by atoms with E-state index in [1.165, 1.54) is 6.42 Å². The maximum atomic E-state index is 12.3. The van der Waals surface area contributed by atoms with E-state index in [0.717, 1.165) is 19.3 Å². The van der Waals surface area contributed by atoms with Crippen molar-refractivity contribution in [3.63, 3.8) is 0 Å². The lowest BCUT2D eigenvalue weighted by Gasteiger charge is -2.32. The third kappa shape index (κ3) is 3.04. The van der Waals surface area contributed by atoms with Crippen molar-refractivity contribution >= 4 is 28.5 Å². The van der Waals surface area contributed by atoms with E-state index in [9.17, 15) is 14.7 Å². The van der Waals surface area contributed by atoms with E-state index >= 15 is 0 Å². The summed E-state index contributed by atoms with van der Waals surface area (Å²) in [6.45, 7) is 0.353. The Balaban J connectivity index is 1.68. The van der Waals surface area contributed by atoms with E-state index in [-0.39, 0.29) is 11.6 Å². The van der Waals surface area contributed by atoms with Crippen LogP contribution in [0.1, 0.15) is 37.9 Å². The number of likely N-dealkylation sites (tertiary alicyclic amines) is 1. The van der Waals surface area contributed by atoms with Crippen molar-refractivity contribution in [1.82, 2.24) is 14.9 Å². The molecule has 2 N–H and O–H groups in total. The number of hydrogen-bond donors (Lipinski definition) is 2. The Hall–Kier alpha value is -1.92. The molecule has 1 saturated carbocycles. The minimum Gasteiger partial charge on any atom is -0.480 e. The molecule has 132 valence electrons. The Morgan fingerprint density at radius 2 is 2.16 bits per heavy atom. The average Bonchev–Trinajstić information content (AvgIpc) is 2.95. The normalized spacial score (nSPS) is 26.7. The minimum absolute atomic E-state index is 0.242. The van der Waals surface area contributed by atoms with Gasteiger partial charge in [0, 0.05) is 11.1 Å². The van der Waals surface area contributed by atoms with Gasteiger partial charge in [0.15, 0.2) is 0 Å². The summed E-state index contributed by atoms with van der Waals surface area (Å²) < 4.78 is 0. The van der Waals surface area contributed by atoms with E-state index in [1.54, 1.807) is 18.2 Å². The van der Waals surface area contributed by atoms with E-state index in [0.29, 0.717) is 40.6 Å². The molecule has 1 aromatic carbocycles. The number of carboxylic acid groups (broad SMARTS) is 1. The molecule has 0 bridgehead atoms. The van der Waals surface area contributed by atoms with Gasteiger partial charge in [-0.1, -0.05) is 24.4 Å². The summed E-state index contributed by atoms with van der Waals surface area (Å²) in [4.78, 5) is 33.4. The van der Waals surface area contributed by atoms with E-state index in [4.69, 9.17) is 11.6 Å². The summed E-state index contributed by atoms with van der Waals surface area (Å²) in [5, 5.41) is 10.6. The number of aromatic amines is 1. The molecule has 1 aromatic heterocycles. The second kappa shape index (κ2) is 6.42. The first kappa shape index (κ1) is 16.5. The SMILES string of the molecule is O=C(O)C1CC2CCCCC2N1Cc1nc2ccc(Cl)cc2c(=O)[nH]1. The van der Waals surface area contributed by atoms with Crippen LogP contribution in [0.3, 0.4) is 0 Å². The summed E-state index contributed by atoms with van der Waals surface area (Å²) in [6, 6.07) is 4.78. The molecule has 2 aliphatic rings. The zero-order valence-corrected chi connectivity index (χ0v) is 14.5. The molecule has 2 fully saturated rings. The molecule has 2 aromatic rings. The molecule has 0 amide bonds. The van der Waals surface area contributed by atoms with E-state index in [2.05, 4.69) is 9.97 Å². The number of hydrogen-bond acceptors (Lipinski definition) is 4. The number of carboxylic acids is 1. The molecule has 4 rings (SSSR count). The van der Waals surface area contributed by atoms with Gasteiger partial charge in [0.05, 0.1) is 17.4 Å². The van der Waals surface area contributed by atoms with Gasteiger partial charge in [-0.15, -0.1) is 0 Å². The first-order valence-electron chi connectivity index (χ1n) is 8.70. The highest BCUT2D eigenvalue weighted by molar-refractivity contribution is 6.31. The molecule has 2 heterocycles. The first-order chi connectivity index (χ1) is 12.0. The highest BCUT2D eigenvalue weighted by Crippen LogP contribution is 2.40. The van der Waals surface area contributed by atoms with Crippen molar-refractivity contribution in [3.8, 4) is 0 Å². The molecule has 1 aliphatic heterocycles. The van der Waals surface area contributed by atoms with Gasteiger partial charge in [-0.3, -0.25) is 14.5 Å². The standard InChI is InChI=1S/C18H20ClN3O3/c19-11-5-6-13-12(8-11)17(23)21-16(20-13)9-22-14-4-2-1-3-10(14)7-15(22)18(24)25/h5-6,8,10,14-15H,1-4,7,9H2,(H,24,25)(H,20,21,23). The Kier molecular flexibility index (Phi) is 4.25. The van der Waals surface area contributed by atoms with Crippen LogP contribution in [0, 0.1) is 5.92 Å². The maximum Gasteiger partial charge on any atom is 0.320 e. The molecule has 3 unspecified atom stereocenters. The number of nitrogens with one attached hydrogen (secondary N) is 1. The highest BCUT2D eigenvalue weighted by Gasteiger charge is 2.45. The summed E-state index contributed by atoms with van der Waals surface area (Å²) in [5.41, 5.74) is 0.336. The smallest absolute Gasteiger partial charge is 0.320 e. The second-order valence-electron chi connectivity index (χ2n) is 7.05. The fourth-order valence-corrected chi connectivity index (χ4v) is 4.60. The summed E-state index contributed by atoms with van der Waals surface area (Å²) in [5.74, 6) is 0.155. The Morgan fingerprint density at radius 3 is 2.96 bits per heavy atom. The zero-order valence-electron chi connectivity index (χ0n) is 13.7. The third-order valence-electron chi connectivity index (χ3n) is 5.56. The molecule has 25 heavy (non-hydrogen) atoms. The van der Waals surface area contributed by atoms with Crippen molar-refractivity contribution in [2.45, 2.75) is 50.7 Å². The van der Waals surface area contributed by atoms with Crippen LogP contribution in [0.5, 0.6) is 0 Å². The van der Waals surface area contributed by atoms with Crippen LogP contribution >= 0.6 is 11.6 Å². The average molecular weight is 362 g/mol. The molecule has 0 spiro atoms. The summed E-state index contributed by atoms with van der Waals surface area (Å²) in [7, 11) is 0. The van der Waals surface area contributed by atoms with Crippen LogP contribution < -0.4 is 5.56 Å².